The number of carbonyl (C=O) groups is 2. The number of anilines is 2. The van der Waals surface area contributed by atoms with E-state index in [0.29, 0.717) is 47.2 Å². The lowest BCUT2D eigenvalue weighted by Crippen LogP contribution is -2.38. The van der Waals surface area contributed by atoms with Gasteiger partial charge < -0.3 is 21.3 Å². The van der Waals surface area contributed by atoms with Gasteiger partial charge in [-0.3, -0.25) is 14.6 Å². The second-order valence-corrected chi connectivity index (χ2v) is 9.95. The lowest BCUT2D eigenvalue weighted by molar-refractivity contribution is -0.121. The summed E-state index contributed by atoms with van der Waals surface area (Å²) in [4.78, 5) is 39.1. The number of nitrogens with one attached hydrogen (secondary N) is 2. The summed E-state index contributed by atoms with van der Waals surface area (Å²) in [6.07, 6.45) is 0.905. The Morgan fingerprint density at radius 2 is 1.82 bits per heavy atom. The van der Waals surface area contributed by atoms with Crippen LogP contribution in [0.15, 0.2) is 47.6 Å². The zero-order valence-corrected chi connectivity index (χ0v) is 22.8. The molecule has 2 heterocycles. The van der Waals surface area contributed by atoms with Crippen molar-refractivity contribution < 1.29 is 9.59 Å². The Balaban J connectivity index is 1.66. The van der Waals surface area contributed by atoms with Crippen molar-refractivity contribution in [2.24, 2.45) is 0 Å². The van der Waals surface area contributed by atoms with Crippen LogP contribution >= 0.6 is 11.8 Å². The van der Waals surface area contributed by atoms with Crippen LogP contribution < -0.4 is 16.4 Å². The van der Waals surface area contributed by atoms with Gasteiger partial charge in [-0.1, -0.05) is 30.0 Å². The van der Waals surface area contributed by atoms with Crippen LogP contribution in [-0.4, -0.2) is 58.3 Å². The summed E-state index contributed by atoms with van der Waals surface area (Å²) in [7, 11) is 3.96. The number of nitrogen functional groups attached to an aromatic ring is 1. The second-order valence-electron chi connectivity index (χ2n) is 9.01. The number of carbonyl (C=O) groups excluding carboxylic acids is 2. The van der Waals surface area contributed by atoms with E-state index in [0.717, 1.165) is 11.4 Å². The molecule has 0 bridgehead atoms. The van der Waals surface area contributed by atoms with Gasteiger partial charge in [-0.05, 0) is 51.7 Å². The van der Waals surface area contributed by atoms with Crippen molar-refractivity contribution in [2.75, 3.05) is 31.7 Å². The highest BCUT2D eigenvalue weighted by Gasteiger charge is 2.15. The van der Waals surface area contributed by atoms with Gasteiger partial charge in [-0.2, -0.15) is 5.26 Å². The SMILES string of the molecule is CC(=O)Nc1ccc(-c2nc(SCc3cccc(CCC(=O)NCC(C)N(C)C)n3)nc(N)c2C#N)cc1. The van der Waals surface area contributed by atoms with Crippen LogP contribution in [0.3, 0.4) is 0 Å². The molecule has 4 N–H and O–H groups in total. The van der Waals surface area contributed by atoms with Crippen molar-refractivity contribution in [3.8, 4) is 17.3 Å². The quantitative estimate of drug-likeness (QED) is 0.250. The van der Waals surface area contributed by atoms with Crippen LogP contribution in [-0.2, 0) is 21.8 Å². The highest BCUT2D eigenvalue weighted by molar-refractivity contribution is 7.98. The topological polar surface area (TPSA) is 150 Å². The molecule has 11 heteroatoms. The fourth-order valence-electron chi connectivity index (χ4n) is 3.42. The highest BCUT2D eigenvalue weighted by atomic mass is 32.2. The van der Waals surface area contributed by atoms with Gasteiger partial charge in [0.05, 0.1) is 11.4 Å². The molecule has 0 saturated carbocycles. The summed E-state index contributed by atoms with van der Waals surface area (Å²) in [5, 5.41) is 15.7. The molecule has 0 saturated heterocycles. The number of thioether (sulfide) groups is 1. The first-order chi connectivity index (χ1) is 18.2. The molecule has 0 aliphatic rings. The first kappa shape index (κ1) is 28.6. The number of aryl methyl sites for hydroxylation is 1. The average Bonchev–Trinajstić information content (AvgIpc) is 2.89. The third-order valence-corrected chi connectivity index (χ3v) is 6.69. The molecule has 0 aliphatic heterocycles. The third-order valence-electron chi connectivity index (χ3n) is 5.80. The van der Waals surface area contributed by atoms with Crippen LogP contribution in [0.2, 0.25) is 0 Å². The number of rotatable bonds is 11. The van der Waals surface area contributed by atoms with Gasteiger partial charge in [0.15, 0.2) is 5.16 Å². The average molecular weight is 533 g/mol. The standard InChI is InChI=1S/C27H32N8O2S/c1-17(35(3)4)15-30-24(37)13-12-20-6-5-7-22(32-20)16-38-27-33-25(23(14-28)26(29)34-27)19-8-10-21(11-9-19)31-18(2)36/h5-11,17H,12-13,15-16H2,1-4H3,(H,30,37)(H,31,36)(H2,29,33,34). The number of likely N-dealkylation sites (N-methyl/N-ethyl adjacent to an activating group) is 1. The summed E-state index contributed by atoms with van der Waals surface area (Å²) in [5.74, 6) is 0.421. The van der Waals surface area contributed by atoms with E-state index < -0.39 is 0 Å². The molecule has 1 aromatic carbocycles. The molecule has 1 atom stereocenters. The Kier molecular flexibility index (Phi) is 10.2. The maximum atomic E-state index is 12.2. The molecule has 2 amide bonds. The Hall–Kier alpha value is -4.01. The van der Waals surface area contributed by atoms with Crippen LogP contribution in [0.5, 0.6) is 0 Å². The minimum Gasteiger partial charge on any atom is -0.382 e. The number of amides is 2. The second kappa shape index (κ2) is 13.5. The summed E-state index contributed by atoms with van der Waals surface area (Å²) in [5.41, 5.74) is 9.69. The van der Waals surface area contributed by atoms with Gasteiger partial charge in [0, 0.05) is 48.6 Å². The Morgan fingerprint density at radius 1 is 1.11 bits per heavy atom. The van der Waals surface area contributed by atoms with Gasteiger partial charge in [0.25, 0.3) is 0 Å². The fraction of sp³-hybridized carbons (Fsp3) is 0.333. The van der Waals surface area contributed by atoms with Gasteiger partial charge >= 0.3 is 0 Å². The minimum absolute atomic E-state index is 0.000581. The van der Waals surface area contributed by atoms with Crippen LogP contribution in [0.1, 0.15) is 37.2 Å². The van der Waals surface area contributed by atoms with Crippen molar-refractivity contribution >= 4 is 35.1 Å². The van der Waals surface area contributed by atoms with E-state index in [1.165, 1.54) is 18.7 Å². The predicted octanol–water partition coefficient (Wildman–Crippen LogP) is 3.24. The molecule has 0 fully saturated rings. The van der Waals surface area contributed by atoms with E-state index >= 15 is 0 Å². The van der Waals surface area contributed by atoms with Crippen LogP contribution in [0.25, 0.3) is 11.3 Å². The molecule has 38 heavy (non-hydrogen) atoms. The van der Waals surface area contributed by atoms with E-state index in [1.807, 2.05) is 32.3 Å². The summed E-state index contributed by atoms with van der Waals surface area (Å²) in [6.45, 7) is 4.09. The van der Waals surface area contributed by atoms with Crippen molar-refractivity contribution in [1.82, 2.24) is 25.2 Å². The van der Waals surface area contributed by atoms with Crippen LogP contribution in [0, 0.1) is 11.3 Å². The first-order valence-electron chi connectivity index (χ1n) is 12.1. The zero-order valence-electron chi connectivity index (χ0n) is 22.0. The maximum absolute atomic E-state index is 12.2. The lowest BCUT2D eigenvalue weighted by Gasteiger charge is -2.19. The van der Waals surface area contributed by atoms with Gasteiger partial charge in [0.2, 0.25) is 11.8 Å². The molecule has 0 radical (unpaired) electrons. The van der Waals surface area contributed by atoms with Crippen molar-refractivity contribution in [2.45, 2.75) is 43.6 Å². The van der Waals surface area contributed by atoms with E-state index in [4.69, 9.17) is 5.73 Å². The molecule has 1 unspecified atom stereocenters. The third kappa shape index (κ3) is 8.26. The molecule has 0 aliphatic carbocycles. The fourth-order valence-corrected chi connectivity index (χ4v) is 4.17. The number of aromatic nitrogens is 3. The number of nitriles is 1. The van der Waals surface area contributed by atoms with E-state index in [2.05, 4.69) is 43.5 Å². The van der Waals surface area contributed by atoms with E-state index in [9.17, 15) is 14.9 Å². The monoisotopic (exact) mass is 532 g/mol. The largest absolute Gasteiger partial charge is 0.382 e. The molecule has 198 valence electrons. The highest BCUT2D eigenvalue weighted by Crippen LogP contribution is 2.29. The van der Waals surface area contributed by atoms with E-state index in [-0.39, 0.29) is 29.2 Å². The molecule has 3 rings (SSSR count). The predicted molar refractivity (Wildman–Crippen MR) is 149 cm³/mol. The molecular formula is C27H32N8O2S. The summed E-state index contributed by atoms with van der Waals surface area (Å²) in [6, 6.07) is 15.1. The Labute approximate surface area is 227 Å². The van der Waals surface area contributed by atoms with Gasteiger partial charge in [-0.25, -0.2) is 9.97 Å². The normalized spacial score (nSPS) is 11.6. The lowest BCUT2D eigenvalue weighted by atomic mass is 10.1. The van der Waals surface area contributed by atoms with Gasteiger partial charge in [0.1, 0.15) is 17.5 Å². The van der Waals surface area contributed by atoms with Crippen molar-refractivity contribution in [3.63, 3.8) is 0 Å². The number of hydrogen-bond donors (Lipinski definition) is 3. The summed E-state index contributed by atoms with van der Waals surface area (Å²) < 4.78 is 0. The molecule has 3 aromatic rings. The Morgan fingerprint density at radius 3 is 2.47 bits per heavy atom. The number of benzene rings is 1. The smallest absolute Gasteiger partial charge is 0.221 e. The number of nitrogens with zero attached hydrogens (tertiary/aromatic N) is 5. The Bertz CT molecular complexity index is 1320. The van der Waals surface area contributed by atoms with Crippen LogP contribution in [0.4, 0.5) is 11.5 Å². The zero-order chi connectivity index (χ0) is 27.7. The molecular weight excluding hydrogens is 500 g/mol. The number of hydrogen-bond acceptors (Lipinski definition) is 9. The summed E-state index contributed by atoms with van der Waals surface area (Å²) >= 11 is 1.36. The van der Waals surface area contributed by atoms with E-state index in [1.54, 1.807) is 24.3 Å². The molecule has 10 nitrogen and oxygen atoms in total. The van der Waals surface area contributed by atoms with Crippen molar-refractivity contribution in [1.29, 1.82) is 5.26 Å². The first-order valence-corrected chi connectivity index (χ1v) is 13.1. The minimum atomic E-state index is -0.170. The molecule has 2 aromatic heterocycles. The van der Waals surface area contributed by atoms with Crippen molar-refractivity contribution in [3.05, 3.63) is 59.4 Å². The maximum Gasteiger partial charge on any atom is 0.221 e. The van der Waals surface area contributed by atoms with Gasteiger partial charge in [-0.15, -0.1) is 0 Å². The number of nitrogens with two attached hydrogens (primary N) is 1. The number of pyridine rings is 1. The molecule has 0 spiro atoms.